The van der Waals surface area contributed by atoms with E-state index in [1.165, 1.54) is 0 Å². The van der Waals surface area contributed by atoms with Gasteiger partial charge in [0, 0.05) is 18.6 Å². The Morgan fingerprint density at radius 2 is 1.54 bits per heavy atom. The number of rotatable bonds is 1. The van der Waals surface area contributed by atoms with Crippen molar-refractivity contribution in [2.45, 2.75) is 31.0 Å². The second-order valence-electron chi connectivity index (χ2n) is 7.55. The van der Waals surface area contributed by atoms with Crippen LogP contribution in [0.3, 0.4) is 0 Å². The second kappa shape index (κ2) is 6.49. The maximum Gasteiger partial charge on any atom is 0.330 e. The minimum atomic E-state index is -0.958. The van der Waals surface area contributed by atoms with E-state index in [1.54, 1.807) is 9.80 Å². The number of anilines is 2. The lowest BCUT2D eigenvalue weighted by Crippen LogP contribution is -2.64. The lowest BCUT2D eigenvalue weighted by molar-refractivity contribution is -0.143. The van der Waals surface area contributed by atoms with Crippen molar-refractivity contribution >= 4 is 35.5 Å². The molecule has 5 rings (SSSR count). The fraction of sp³-hybridized carbons (Fsp3) is 0.273. The molecule has 3 atom stereocenters. The van der Waals surface area contributed by atoms with Gasteiger partial charge in [0.05, 0.1) is 11.4 Å². The topological polar surface area (TPSA) is 72.9 Å². The number of piperazine rings is 1. The molecule has 3 aliphatic heterocycles. The van der Waals surface area contributed by atoms with E-state index in [2.05, 4.69) is 5.32 Å². The van der Waals surface area contributed by atoms with E-state index >= 15 is 0 Å². The molecule has 2 aromatic rings. The van der Waals surface area contributed by atoms with Crippen LogP contribution in [0.5, 0.6) is 0 Å². The molecule has 3 aliphatic rings. The number of aliphatic carboxylic acids is 1. The number of hydrogen-bond donors (Lipinski definition) is 2. The first-order chi connectivity index (χ1) is 13.6. The molecular weight excluding hydrogens is 354 g/mol. The highest BCUT2D eigenvalue weighted by Crippen LogP contribution is 2.38. The van der Waals surface area contributed by atoms with Gasteiger partial charge in [-0.15, -0.1) is 0 Å². The van der Waals surface area contributed by atoms with Crippen LogP contribution in [0.25, 0.3) is 12.2 Å². The van der Waals surface area contributed by atoms with Crippen LogP contribution in [0.4, 0.5) is 16.2 Å². The molecule has 3 unspecified atom stereocenters. The number of fused-ring (bicyclic) bond motifs is 4. The van der Waals surface area contributed by atoms with Crippen LogP contribution in [-0.4, -0.2) is 46.7 Å². The van der Waals surface area contributed by atoms with Crippen LogP contribution in [0.1, 0.15) is 24.0 Å². The first-order valence-corrected chi connectivity index (χ1v) is 9.59. The Bertz CT molecular complexity index is 937. The fourth-order valence-corrected chi connectivity index (χ4v) is 4.62. The van der Waals surface area contributed by atoms with Crippen LogP contribution in [0, 0.1) is 0 Å². The second-order valence-corrected chi connectivity index (χ2v) is 7.55. The van der Waals surface area contributed by atoms with Crippen molar-refractivity contribution in [3.63, 3.8) is 0 Å². The van der Waals surface area contributed by atoms with Crippen LogP contribution in [0.2, 0.25) is 0 Å². The molecule has 2 aromatic carbocycles. The van der Waals surface area contributed by atoms with Gasteiger partial charge in [0.1, 0.15) is 6.04 Å². The number of carbonyl (C=O) groups excluding carboxylic acids is 1. The Morgan fingerprint density at radius 3 is 2.14 bits per heavy atom. The van der Waals surface area contributed by atoms with E-state index in [1.807, 2.05) is 60.7 Å². The van der Waals surface area contributed by atoms with Crippen molar-refractivity contribution < 1.29 is 14.7 Å². The van der Waals surface area contributed by atoms with Gasteiger partial charge in [0.2, 0.25) is 0 Å². The van der Waals surface area contributed by atoms with Crippen LogP contribution >= 0.6 is 0 Å². The summed E-state index contributed by atoms with van der Waals surface area (Å²) in [5.74, 6) is -0.958. The van der Waals surface area contributed by atoms with Crippen molar-refractivity contribution in [2.24, 2.45) is 0 Å². The molecule has 0 aliphatic carbocycles. The third-order valence-corrected chi connectivity index (χ3v) is 5.90. The Balaban J connectivity index is 1.63. The van der Waals surface area contributed by atoms with Gasteiger partial charge in [-0.1, -0.05) is 48.6 Å². The number of amides is 2. The quantitative estimate of drug-likeness (QED) is 0.802. The molecule has 0 aromatic heterocycles. The van der Waals surface area contributed by atoms with Crippen molar-refractivity contribution in [1.29, 1.82) is 0 Å². The number of hydrogen-bond acceptors (Lipinski definition) is 3. The zero-order valence-electron chi connectivity index (χ0n) is 15.3. The minimum Gasteiger partial charge on any atom is -0.480 e. The molecule has 0 spiro atoms. The van der Waals surface area contributed by atoms with Gasteiger partial charge < -0.3 is 15.3 Å². The number of para-hydroxylation sites is 2. The molecule has 0 saturated carbocycles. The summed E-state index contributed by atoms with van der Waals surface area (Å²) in [5, 5.41) is 13.2. The molecule has 2 saturated heterocycles. The SMILES string of the molecule is O=C(O)C1C2CCC(CN1C(=O)N1c3ccccc3C=Cc3ccccc31)N2. The number of carboxylic acids is 1. The normalized spacial score (nSPS) is 25.1. The summed E-state index contributed by atoms with van der Waals surface area (Å²) in [6, 6.07) is 14.2. The lowest BCUT2D eigenvalue weighted by Gasteiger charge is -2.41. The predicted octanol–water partition coefficient (Wildman–Crippen LogP) is 3.32. The monoisotopic (exact) mass is 375 g/mol. The van der Waals surface area contributed by atoms with E-state index in [-0.39, 0.29) is 18.1 Å². The molecule has 28 heavy (non-hydrogen) atoms. The standard InChI is InChI=1S/C22H21N3O3/c26-21(27)20-17-12-11-16(23-17)13-24(20)22(28)25-18-7-3-1-5-14(18)9-10-15-6-2-4-8-19(15)25/h1-10,16-17,20,23H,11-13H2,(H,26,27). The number of nitrogens with zero attached hydrogens (tertiary/aromatic N) is 2. The van der Waals surface area contributed by atoms with E-state index in [4.69, 9.17) is 0 Å². The van der Waals surface area contributed by atoms with Crippen molar-refractivity contribution in [3.05, 3.63) is 59.7 Å². The van der Waals surface area contributed by atoms with Gasteiger partial charge in [0.25, 0.3) is 0 Å². The highest BCUT2D eigenvalue weighted by Gasteiger charge is 2.47. The average molecular weight is 375 g/mol. The van der Waals surface area contributed by atoms with Gasteiger partial charge in [-0.3, -0.25) is 4.90 Å². The number of nitrogens with one attached hydrogen (secondary N) is 1. The number of likely N-dealkylation sites (tertiary alicyclic amines) is 1. The summed E-state index contributed by atoms with van der Waals surface area (Å²) in [4.78, 5) is 29.0. The largest absolute Gasteiger partial charge is 0.480 e. The smallest absolute Gasteiger partial charge is 0.330 e. The van der Waals surface area contributed by atoms with Crippen LogP contribution < -0.4 is 10.2 Å². The molecule has 2 bridgehead atoms. The Morgan fingerprint density at radius 1 is 0.929 bits per heavy atom. The lowest BCUT2D eigenvalue weighted by atomic mass is 10.1. The summed E-state index contributed by atoms with van der Waals surface area (Å²) < 4.78 is 0. The summed E-state index contributed by atoms with van der Waals surface area (Å²) >= 11 is 0. The molecule has 2 fully saturated rings. The zero-order valence-corrected chi connectivity index (χ0v) is 15.3. The summed E-state index contributed by atoms with van der Waals surface area (Å²) in [6.45, 7) is 0.403. The molecule has 2 amide bonds. The Kier molecular flexibility index (Phi) is 3.94. The molecule has 3 heterocycles. The molecule has 2 N–H and O–H groups in total. The van der Waals surface area contributed by atoms with Gasteiger partial charge >= 0.3 is 12.0 Å². The summed E-state index contributed by atoms with van der Waals surface area (Å²) in [7, 11) is 0. The highest BCUT2D eigenvalue weighted by molar-refractivity contribution is 6.06. The Hall–Kier alpha value is -3.12. The number of carbonyl (C=O) groups is 2. The van der Waals surface area contributed by atoms with Gasteiger partial charge in [-0.05, 0) is 36.1 Å². The van der Waals surface area contributed by atoms with E-state index < -0.39 is 12.0 Å². The molecule has 142 valence electrons. The number of carboxylic acid groups (broad SMARTS) is 1. The fourth-order valence-electron chi connectivity index (χ4n) is 4.62. The number of benzene rings is 2. The van der Waals surface area contributed by atoms with E-state index in [0.29, 0.717) is 6.54 Å². The summed E-state index contributed by atoms with van der Waals surface area (Å²) in [6.07, 6.45) is 5.67. The highest BCUT2D eigenvalue weighted by atomic mass is 16.4. The van der Waals surface area contributed by atoms with Gasteiger partial charge in [-0.2, -0.15) is 0 Å². The van der Waals surface area contributed by atoms with Crippen molar-refractivity contribution in [1.82, 2.24) is 10.2 Å². The minimum absolute atomic E-state index is 0.153. The van der Waals surface area contributed by atoms with Gasteiger partial charge in [0.15, 0.2) is 0 Å². The van der Waals surface area contributed by atoms with Crippen LogP contribution in [-0.2, 0) is 4.79 Å². The predicted molar refractivity (Wildman–Crippen MR) is 107 cm³/mol. The number of urea groups is 1. The first-order valence-electron chi connectivity index (χ1n) is 9.59. The molecular formula is C22H21N3O3. The average Bonchev–Trinajstić information content (AvgIpc) is 2.99. The van der Waals surface area contributed by atoms with E-state index in [9.17, 15) is 14.7 Å². The maximum absolute atomic E-state index is 13.8. The van der Waals surface area contributed by atoms with Crippen molar-refractivity contribution in [2.75, 3.05) is 11.4 Å². The van der Waals surface area contributed by atoms with Crippen molar-refractivity contribution in [3.8, 4) is 0 Å². The summed E-state index contributed by atoms with van der Waals surface area (Å²) in [5.41, 5.74) is 3.39. The third-order valence-electron chi connectivity index (χ3n) is 5.90. The zero-order chi connectivity index (χ0) is 19.3. The first kappa shape index (κ1) is 17.0. The van der Waals surface area contributed by atoms with E-state index in [0.717, 1.165) is 35.3 Å². The molecule has 6 nitrogen and oxygen atoms in total. The van der Waals surface area contributed by atoms with Gasteiger partial charge in [-0.25, -0.2) is 9.59 Å². The Labute approximate surface area is 163 Å². The third kappa shape index (κ3) is 2.60. The molecule has 0 radical (unpaired) electrons. The maximum atomic E-state index is 13.8. The molecule has 6 heteroatoms. The van der Waals surface area contributed by atoms with Crippen LogP contribution in [0.15, 0.2) is 48.5 Å².